The zero-order chi connectivity index (χ0) is 13.4. The Labute approximate surface area is 112 Å². The molecule has 0 aromatic heterocycles. The average Bonchev–Trinajstić information content (AvgIpc) is 2.38. The second-order valence-electron chi connectivity index (χ2n) is 5.49. The first-order chi connectivity index (χ1) is 8.67. The molecule has 0 aromatic rings. The summed E-state index contributed by atoms with van der Waals surface area (Å²) in [4.78, 5) is 4.25. The lowest BCUT2D eigenvalue weighted by Crippen LogP contribution is -2.45. The highest BCUT2D eigenvalue weighted by atomic mass is 16.5. The van der Waals surface area contributed by atoms with Crippen molar-refractivity contribution in [3.63, 3.8) is 0 Å². The normalized spacial score (nSPS) is 25.3. The minimum Gasteiger partial charge on any atom is -0.383 e. The van der Waals surface area contributed by atoms with Crippen molar-refractivity contribution in [3.8, 4) is 0 Å². The standard InChI is InChI=1S/C14H29N3O/c1-11(2)12-5-7-13(8-6-12)17-14(15-3)16-9-10-18-4/h11-13H,5-10H2,1-4H3,(H2,15,16,17). The van der Waals surface area contributed by atoms with E-state index in [1.54, 1.807) is 7.11 Å². The largest absolute Gasteiger partial charge is 0.383 e. The number of nitrogens with one attached hydrogen (secondary N) is 2. The molecule has 0 aromatic carbocycles. The molecule has 0 saturated heterocycles. The average molecular weight is 255 g/mol. The van der Waals surface area contributed by atoms with Gasteiger partial charge in [-0.1, -0.05) is 13.8 Å². The highest BCUT2D eigenvalue weighted by Crippen LogP contribution is 2.29. The Morgan fingerprint density at radius 1 is 1.28 bits per heavy atom. The van der Waals surface area contributed by atoms with E-state index < -0.39 is 0 Å². The molecule has 1 rings (SSSR count). The van der Waals surface area contributed by atoms with Gasteiger partial charge in [0.1, 0.15) is 0 Å². The summed E-state index contributed by atoms with van der Waals surface area (Å²) in [5.41, 5.74) is 0. The third-order valence-corrected chi connectivity index (χ3v) is 3.88. The summed E-state index contributed by atoms with van der Waals surface area (Å²) in [6.07, 6.45) is 5.19. The molecule has 0 aliphatic heterocycles. The van der Waals surface area contributed by atoms with E-state index in [-0.39, 0.29) is 0 Å². The summed E-state index contributed by atoms with van der Waals surface area (Å²) in [5, 5.41) is 6.77. The molecular weight excluding hydrogens is 226 g/mol. The fraction of sp³-hybridized carbons (Fsp3) is 0.929. The van der Waals surface area contributed by atoms with Crippen molar-refractivity contribution in [1.82, 2.24) is 10.6 Å². The molecule has 1 aliphatic carbocycles. The van der Waals surface area contributed by atoms with Gasteiger partial charge in [0.2, 0.25) is 0 Å². The second kappa shape index (κ2) is 8.35. The van der Waals surface area contributed by atoms with Crippen LogP contribution in [0.2, 0.25) is 0 Å². The van der Waals surface area contributed by atoms with Crippen molar-refractivity contribution in [1.29, 1.82) is 0 Å². The van der Waals surface area contributed by atoms with Gasteiger partial charge in [0.25, 0.3) is 0 Å². The number of hydrogen-bond donors (Lipinski definition) is 2. The number of guanidine groups is 1. The van der Waals surface area contributed by atoms with Crippen molar-refractivity contribution in [2.45, 2.75) is 45.6 Å². The SMILES string of the molecule is CN=C(NCCOC)NC1CCC(C(C)C)CC1. The molecule has 0 amide bonds. The maximum atomic E-state index is 5.02. The van der Waals surface area contributed by atoms with E-state index in [0.717, 1.165) is 24.3 Å². The summed E-state index contributed by atoms with van der Waals surface area (Å²) in [5.74, 6) is 2.64. The zero-order valence-electron chi connectivity index (χ0n) is 12.3. The minimum absolute atomic E-state index is 0.578. The Hall–Kier alpha value is -0.770. The molecule has 0 heterocycles. The molecule has 0 atom stereocenters. The molecule has 4 nitrogen and oxygen atoms in total. The number of methoxy groups -OCH3 is 1. The molecule has 1 saturated carbocycles. The van der Waals surface area contributed by atoms with Gasteiger partial charge in [-0.25, -0.2) is 0 Å². The maximum Gasteiger partial charge on any atom is 0.191 e. The van der Waals surface area contributed by atoms with Crippen molar-refractivity contribution in [3.05, 3.63) is 0 Å². The van der Waals surface area contributed by atoms with Gasteiger partial charge in [0, 0.05) is 26.7 Å². The van der Waals surface area contributed by atoms with Crippen molar-refractivity contribution >= 4 is 5.96 Å². The van der Waals surface area contributed by atoms with Gasteiger partial charge < -0.3 is 15.4 Å². The van der Waals surface area contributed by atoms with Gasteiger partial charge >= 0.3 is 0 Å². The third kappa shape index (κ3) is 5.25. The molecule has 0 spiro atoms. The Kier molecular flexibility index (Phi) is 7.09. The van der Waals surface area contributed by atoms with E-state index >= 15 is 0 Å². The van der Waals surface area contributed by atoms with Gasteiger partial charge in [-0.15, -0.1) is 0 Å². The summed E-state index contributed by atoms with van der Waals surface area (Å²) < 4.78 is 5.02. The quantitative estimate of drug-likeness (QED) is 0.449. The van der Waals surface area contributed by atoms with Crippen LogP contribution >= 0.6 is 0 Å². The van der Waals surface area contributed by atoms with Crippen LogP contribution in [0.15, 0.2) is 4.99 Å². The van der Waals surface area contributed by atoms with Crippen LogP contribution in [0, 0.1) is 11.8 Å². The van der Waals surface area contributed by atoms with Crippen LogP contribution in [0.3, 0.4) is 0 Å². The number of ether oxygens (including phenoxy) is 1. The van der Waals surface area contributed by atoms with Gasteiger partial charge in [-0.05, 0) is 37.5 Å². The summed E-state index contributed by atoms with van der Waals surface area (Å²) in [6.45, 7) is 6.19. The molecule has 0 bridgehead atoms. The molecule has 1 fully saturated rings. The first-order valence-electron chi connectivity index (χ1n) is 7.13. The first-order valence-corrected chi connectivity index (χ1v) is 7.13. The van der Waals surface area contributed by atoms with Crippen molar-refractivity contribution in [2.75, 3.05) is 27.3 Å². The van der Waals surface area contributed by atoms with Crippen LogP contribution in [0.4, 0.5) is 0 Å². The summed E-state index contributed by atoms with van der Waals surface area (Å²) in [7, 11) is 3.53. The van der Waals surface area contributed by atoms with Crippen LogP contribution in [0.5, 0.6) is 0 Å². The molecule has 2 N–H and O–H groups in total. The predicted molar refractivity (Wildman–Crippen MR) is 77.0 cm³/mol. The Morgan fingerprint density at radius 3 is 2.44 bits per heavy atom. The van der Waals surface area contributed by atoms with Crippen LogP contribution < -0.4 is 10.6 Å². The molecule has 1 aliphatic rings. The highest BCUT2D eigenvalue weighted by molar-refractivity contribution is 5.79. The fourth-order valence-corrected chi connectivity index (χ4v) is 2.59. The Morgan fingerprint density at radius 2 is 1.94 bits per heavy atom. The second-order valence-corrected chi connectivity index (χ2v) is 5.49. The maximum absolute atomic E-state index is 5.02. The first kappa shape index (κ1) is 15.3. The van der Waals surface area contributed by atoms with Crippen LogP contribution in [0.25, 0.3) is 0 Å². The van der Waals surface area contributed by atoms with Crippen LogP contribution in [-0.4, -0.2) is 39.3 Å². The topological polar surface area (TPSA) is 45.7 Å². The van der Waals surface area contributed by atoms with Gasteiger partial charge in [-0.3, -0.25) is 4.99 Å². The van der Waals surface area contributed by atoms with E-state index in [4.69, 9.17) is 4.74 Å². The zero-order valence-corrected chi connectivity index (χ0v) is 12.3. The lowest BCUT2D eigenvalue weighted by Gasteiger charge is -2.32. The van der Waals surface area contributed by atoms with E-state index in [9.17, 15) is 0 Å². The number of nitrogens with zero attached hydrogens (tertiary/aromatic N) is 1. The minimum atomic E-state index is 0.578. The lowest BCUT2D eigenvalue weighted by molar-refractivity contribution is 0.203. The van der Waals surface area contributed by atoms with Crippen LogP contribution in [-0.2, 0) is 4.74 Å². The van der Waals surface area contributed by atoms with Crippen molar-refractivity contribution in [2.24, 2.45) is 16.8 Å². The molecule has 0 radical (unpaired) electrons. The Balaban J connectivity index is 2.26. The molecule has 18 heavy (non-hydrogen) atoms. The van der Waals surface area contributed by atoms with Crippen molar-refractivity contribution < 1.29 is 4.74 Å². The molecular formula is C14H29N3O. The molecule has 4 heteroatoms. The predicted octanol–water partition coefficient (Wildman–Crippen LogP) is 2.01. The van der Waals surface area contributed by atoms with Gasteiger partial charge in [0.05, 0.1) is 6.61 Å². The third-order valence-electron chi connectivity index (χ3n) is 3.88. The smallest absolute Gasteiger partial charge is 0.191 e. The molecule has 0 unspecified atom stereocenters. The number of rotatable bonds is 5. The van der Waals surface area contributed by atoms with E-state index in [0.29, 0.717) is 12.6 Å². The number of aliphatic imine (C=N–C) groups is 1. The molecule has 106 valence electrons. The van der Waals surface area contributed by atoms with Gasteiger partial charge in [0.15, 0.2) is 5.96 Å². The van der Waals surface area contributed by atoms with Crippen LogP contribution in [0.1, 0.15) is 39.5 Å². The number of hydrogen-bond acceptors (Lipinski definition) is 2. The Bertz CT molecular complexity index is 245. The van der Waals surface area contributed by atoms with Gasteiger partial charge in [-0.2, -0.15) is 0 Å². The summed E-state index contributed by atoms with van der Waals surface area (Å²) >= 11 is 0. The van der Waals surface area contributed by atoms with E-state index in [1.165, 1.54) is 25.7 Å². The lowest BCUT2D eigenvalue weighted by atomic mass is 9.80. The highest BCUT2D eigenvalue weighted by Gasteiger charge is 2.23. The van der Waals surface area contributed by atoms with E-state index in [2.05, 4.69) is 29.5 Å². The fourth-order valence-electron chi connectivity index (χ4n) is 2.59. The monoisotopic (exact) mass is 255 g/mol. The summed E-state index contributed by atoms with van der Waals surface area (Å²) in [6, 6.07) is 0.578. The van der Waals surface area contributed by atoms with E-state index in [1.807, 2.05) is 7.05 Å².